The molecule has 1 unspecified atom stereocenters. The van der Waals surface area contributed by atoms with Crippen LogP contribution in [-0.4, -0.2) is 39.8 Å². The van der Waals surface area contributed by atoms with E-state index >= 15 is 0 Å². The molecule has 1 saturated heterocycles. The Labute approximate surface area is 145 Å². The second kappa shape index (κ2) is 6.90. The predicted octanol–water partition coefficient (Wildman–Crippen LogP) is 2.57. The molecule has 0 saturated carbocycles. The summed E-state index contributed by atoms with van der Waals surface area (Å²) in [5, 5.41) is 10.3. The van der Waals surface area contributed by atoms with E-state index in [1.54, 1.807) is 10.7 Å². The van der Waals surface area contributed by atoms with E-state index in [0.29, 0.717) is 23.6 Å². The Balaban J connectivity index is 1.52. The van der Waals surface area contributed by atoms with E-state index in [-0.39, 0.29) is 12.0 Å². The molecule has 7 nitrogen and oxygen atoms in total. The van der Waals surface area contributed by atoms with Crippen molar-refractivity contribution in [3.05, 3.63) is 54.4 Å². The normalized spacial score (nSPS) is 16.9. The van der Waals surface area contributed by atoms with Gasteiger partial charge in [0.05, 0.1) is 12.3 Å². The van der Waals surface area contributed by atoms with Crippen molar-refractivity contribution in [3.8, 4) is 0 Å². The van der Waals surface area contributed by atoms with Crippen LogP contribution < -0.4 is 10.6 Å². The van der Waals surface area contributed by atoms with E-state index < -0.39 is 0 Å². The molecule has 1 atom stereocenters. The number of anilines is 2. The van der Waals surface area contributed by atoms with Gasteiger partial charge in [-0.3, -0.25) is 4.79 Å². The number of carbonyl (C=O) groups is 1. The molecule has 0 radical (unpaired) electrons. The number of ether oxygens (including phenoxy) is 1. The summed E-state index contributed by atoms with van der Waals surface area (Å²) in [7, 11) is 0. The van der Waals surface area contributed by atoms with Gasteiger partial charge in [0.1, 0.15) is 11.4 Å². The number of hydrogen-bond acceptors (Lipinski definition) is 5. The van der Waals surface area contributed by atoms with Gasteiger partial charge in [0.2, 0.25) is 0 Å². The summed E-state index contributed by atoms with van der Waals surface area (Å²) in [6.07, 6.45) is 5.71. The van der Waals surface area contributed by atoms with Gasteiger partial charge in [0, 0.05) is 25.0 Å². The molecule has 128 valence electrons. The molecule has 1 fully saturated rings. The van der Waals surface area contributed by atoms with Crippen LogP contribution in [0.2, 0.25) is 0 Å². The SMILES string of the molecule is O=C(Nc1ccccc1)c1cnn2ccc(NCC3CCCO3)nc12. The van der Waals surface area contributed by atoms with Gasteiger partial charge in [-0.15, -0.1) is 0 Å². The molecule has 3 aromatic rings. The maximum Gasteiger partial charge on any atom is 0.261 e. The van der Waals surface area contributed by atoms with E-state index in [0.717, 1.165) is 25.1 Å². The van der Waals surface area contributed by atoms with Crippen LogP contribution in [0.25, 0.3) is 5.65 Å². The minimum atomic E-state index is -0.232. The Kier molecular flexibility index (Phi) is 4.30. The number of fused-ring (bicyclic) bond motifs is 1. The topological polar surface area (TPSA) is 80.6 Å². The molecule has 2 N–H and O–H groups in total. The molecular formula is C18H19N5O2. The smallest absolute Gasteiger partial charge is 0.261 e. The van der Waals surface area contributed by atoms with Gasteiger partial charge in [-0.1, -0.05) is 18.2 Å². The van der Waals surface area contributed by atoms with E-state index in [4.69, 9.17) is 4.74 Å². The number of nitrogens with one attached hydrogen (secondary N) is 2. The third-order valence-corrected chi connectivity index (χ3v) is 4.18. The lowest BCUT2D eigenvalue weighted by atomic mass is 10.2. The highest BCUT2D eigenvalue weighted by Crippen LogP contribution is 2.16. The number of nitrogens with zero attached hydrogens (tertiary/aromatic N) is 3. The second-order valence-corrected chi connectivity index (χ2v) is 5.98. The molecule has 7 heteroatoms. The monoisotopic (exact) mass is 337 g/mol. The second-order valence-electron chi connectivity index (χ2n) is 5.98. The molecule has 25 heavy (non-hydrogen) atoms. The Hall–Kier alpha value is -2.93. The minimum absolute atomic E-state index is 0.226. The van der Waals surface area contributed by atoms with Crippen LogP contribution in [0, 0.1) is 0 Å². The van der Waals surface area contributed by atoms with Crippen molar-refractivity contribution in [1.29, 1.82) is 0 Å². The van der Waals surface area contributed by atoms with Crippen molar-refractivity contribution in [1.82, 2.24) is 14.6 Å². The Morgan fingerprint density at radius 2 is 2.16 bits per heavy atom. The number of aromatic nitrogens is 3. The number of hydrogen-bond donors (Lipinski definition) is 2. The summed E-state index contributed by atoms with van der Waals surface area (Å²) in [6, 6.07) is 11.2. The van der Waals surface area contributed by atoms with Gasteiger partial charge < -0.3 is 15.4 Å². The average Bonchev–Trinajstić information content (AvgIpc) is 3.30. The van der Waals surface area contributed by atoms with Crippen LogP contribution in [0.4, 0.5) is 11.5 Å². The standard InChI is InChI=1S/C18H19N5O2/c24-18(21-13-5-2-1-3-6-13)15-12-20-23-9-8-16(22-17(15)23)19-11-14-7-4-10-25-14/h1-3,5-6,8-9,12,14H,4,7,10-11H2,(H,19,22)(H,21,24). The third kappa shape index (κ3) is 3.46. The maximum atomic E-state index is 12.5. The van der Waals surface area contributed by atoms with Crippen LogP contribution in [-0.2, 0) is 4.74 Å². The van der Waals surface area contributed by atoms with E-state index in [1.165, 1.54) is 6.20 Å². The third-order valence-electron chi connectivity index (χ3n) is 4.18. The first-order valence-corrected chi connectivity index (χ1v) is 8.36. The summed E-state index contributed by atoms with van der Waals surface area (Å²) >= 11 is 0. The van der Waals surface area contributed by atoms with Crippen LogP contribution in [0.3, 0.4) is 0 Å². The van der Waals surface area contributed by atoms with Crippen LogP contribution in [0.1, 0.15) is 23.2 Å². The molecule has 1 aromatic carbocycles. The highest BCUT2D eigenvalue weighted by molar-refractivity contribution is 6.08. The summed E-state index contributed by atoms with van der Waals surface area (Å²) in [4.78, 5) is 17.1. The van der Waals surface area contributed by atoms with Crippen molar-refractivity contribution < 1.29 is 9.53 Å². The Morgan fingerprint density at radius 1 is 1.28 bits per heavy atom. The molecule has 0 aliphatic carbocycles. The first kappa shape index (κ1) is 15.6. The lowest BCUT2D eigenvalue weighted by molar-refractivity contribution is 0.102. The van der Waals surface area contributed by atoms with Gasteiger partial charge >= 0.3 is 0 Å². The zero-order valence-electron chi connectivity index (χ0n) is 13.7. The predicted molar refractivity (Wildman–Crippen MR) is 94.8 cm³/mol. The van der Waals surface area contributed by atoms with Crippen molar-refractivity contribution >= 4 is 23.1 Å². The molecule has 3 heterocycles. The van der Waals surface area contributed by atoms with Gasteiger partial charge in [-0.05, 0) is 31.0 Å². The van der Waals surface area contributed by atoms with E-state index in [9.17, 15) is 4.79 Å². The van der Waals surface area contributed by atoms with Crippen LogP contribution in [0.15, 0.2) is 48.8 Å². The largest absolute Gasteiger partial charge is 0.376 e. The summed E-state index contributed by atoms with van der Waals surface area (Å²) < 4.78 is 7.20. The molecule has 2 aromatic heterocycles. The zero-order valence-corrected chi connectivity index (χ0v) is 13.7. The number of amides is 1. The Bertz CT molecular complexity index is 872. The minimum Gasteiger partial charge on any atom is -0.376 e. The van der Waals surface area contributed by atoms with Crippen molar-refractivity contribution in [2.75, 3.05) is 23.8 Å². The molecule has 1 aliphatic rings. The van der Waals surface area contributed by atoms with Crippen molar-refractivity contribution in [2.45, 2.75) is 18.9 Å². The highest BCUT2D eigenvalue weighted by atomic mass is 16.5. The molecule has 0 bridgehead atoms. The van der Waals surface area contributed by atoms with Gasteiger partial charge in [-0.2, -0.15) is 5.10 Å². The molecule has 4 rings (SSSR count). The molecular weight excluding hydrogens is 318 g/mol. The fourth-order valence-corrected chi connectivity index (χ4v) is 2.87. The van der Waals surface area contributed by atoms with E-state index in [2.05, 4.69) is 20.7 Å². The Morgan fingerprint density at radius 3 is 2.96 bits per heavy atom. The van der Waals surface area contributed by atoms with Gasteiger partial charge in [0.25, 0.3) is 5.91 Å². The van der Waals surface area contributed by atoms with Crippen molar-refractivity contribution in [3.63, 3.8) is 0 Å². The number of benzene rings is 1. The highest BCUT2D eigenvalue weighted by Gasteiger charge is 2.17. The summed E-state index contributed by atoms with van der Waals surface area (Å²) in [6.45, 7) is 1.54. The average molecular weight is 337 g/mol. The van der Waals surface area contributed by atoms with Crippen LogP contribution >= 0.6 is 0 Å². The number of carbonyl (C=O) groups excluding carboxylic acids is 1. The molecule has 0 spiro atoms. The van der Waals surface area contributed by atoms with Gasteiger partial charge in [0.15, 0.2) is 5.65 Å². The fraction of sp³-hybridized carbons (Fsp3) is 0.278. The molecule has 1 amide bonds. The van der Waals surface area contributed by atoms with E-state index in [1.807, 2.05) is 36.4 Å². The summed E-state index contributed by atoms with van der Waals surface area (Å²) in [5.74, 6) is 0.474. The van der Waals surface area contributed by atoms with Crippen LogP contribution in [0.5, 0.6) is 0 Å². The lowest BCUT2D eigenvalue weighted by Gasteiger charge is -2.11. The fourth-order valence-electron chi connectivity index (χ4n) is 2.87. The quantitative estimate of drug-likeness (QED) is 0.748. The molecule has 1 aliphatic heterocycles. The van der Waals surface area contributed by atoms with Crippen molar-refractivity contribution in [2.24, 2.45) is 0 Å². The zero-order chi connectivity index (χ0) is 17.1. The first-order chi connectivity index (χ1) is 12.3. The lowest BCUT2D eigenvalue weighted by Crippen LogP contribution is -2.19. The number of rotatable bonds is 5. The summed E-state index contributed by atoms with van der Waals surface area (Å²) in [5.41, 5.74) is 1.69. The first-order valence-electron chi connectivity index (χ1n) is 8.36. The maximum absolute atomic E-state index is 12.5. The van der Waals surface area contributed by atoms with Gasteiger partial charge in [-0.25, -0.2) is 9.50 Å². The number of para-hydroxylation sites is 1.